The maximum Gasteiger partial charge on any atom is 0.0628 e. The number of hydrogen-bond acceptors (Lipinski definition) is 3. The first-order valence-corrected chi connectivity index (χ1v) is 5.93. The summed E-state index contributed by atoms with van der Waals surface area (Å²) < 4.78 is 0. The lowest BCUT2D eigenvalue weighted by molar-refractivity contribution is 0.243. The Labute approximate surface area is 91.5 Å². The first-order valence-electron chi connectivity index (χ1n) is 5.93. The first-order chi connectivity index (χ1) is 7.24. The third kappa shape index (κ3) is 2.70. The van der Waals surface area contributed by atoms with Gasteiger partial charge in [-0.15, -0.1) is 0 Å². The van der Waals surface area contributed by atoms with Gasteiger partial charge in [0.15, 0.2) is 0 Å². The van der Waals surface area contributed by atoms with Crippen molar-refractivity contribution in [2.45, 2.75) is 38.5 Å². The lowest BCUT2D eigenvalue weighted by Gasteiger charge is -2.17. The van der Waals surface area contributed by atoms with Gasteiger partial charge in [0, 0.05) is 26.1 Å². The normalized spacial score (nSPS) is 24.5. The second-order valence-electron chi connectivity index (χ2n) is 5.41. The molecule has 0 aliphatic heterocycles. The minimum absolute atomic E-state index is 0.310. The van der Waals surface area contributed by atoms with Gasteiger partial charge in [0.2, 0.25) is 0 Å². The van der Waals surface area contributed by atoms with Gasteiger partial charge in [0.05, 0.1) is 6.07 Å². The van der Waals surface area contributed by atoms with Crippen molar-refractivity contribution in [2.75, 3.05) is 19.7 Å². The van der Waals surface area contributed by atoms with Gasteiger partial charge in [-0.2, -0.15) is 5.26 Å². The number of hydrogen-bond donors (Lipinski definition) is 2. The summed E-state index contributed by atoms with van der Waals surface area (Å²) in [4.78, 5) is 0. The predicted molar refractivity (Wildman–Crippen MR) is 58.1 cm³/mol. The minimum atomic E-state index is 0.310. The quantitative estimate of drug-likeness (QED) is 0.665. The molecular weight excluding hydrogens is 188 g/mol. The summed E-state index contributed by atoms with van der Waals surface area (Å²) in [7, 11) is 0. The molecule has 3 heteroatoms. The molecule has 0 heterocycles. The van der Waals surface area contributed by atoms with E-state index >= 15 is 0 Å². The molecule has 0 bridgehead atoms. The largest absolute Gasteiger partial charge is 0.396 e. The second kappa shape index (κ2) is 4.11. The zero-order chi connectivity index (χ0) is 10.8. The molecule has 2 saturated carbocycles. The highest BCUT2D eigenvalue weighted by Crippen LogP contribution is 2.50. The maximum atomic E-state index is 8.93. The molecule has 2 aliphatic carbocycles. The predicted octanol–water partition coefficient (Wildman–Crippen LogP) is 1.43. The van der Waals surface area contributed by atoms with Crippen molar-refractivity contribution in [3.8, 4) is 6.07 Å². The van der Waals surface area contributed by atoms with E-state index in [1.807, 2.05) is 0 Å². The maximum absolute atomic E-state index is 8.93. The molecule has 84 valence electrons. The van der Waals surface area contributed by atoms with E-state index in [4.69, 9.17) is 10.4 Å². The van der Waals surface area contributed by atoms with Crippen LogP contribution in [-0.2, 0) is 0 Å². The highest BCUT2D eigenvalue weighted by Gasteiger charge is 2.44. The van der Waals surface area contributed by atoms with Crippen LogP contribution in [-0.4, -0.2) is 24.8 Å². The number of aliphatic hydroxyl groups is 1. The monoisotopic (exact) mass is 208 g/mol. The Morgan fingerprint density at radius 1 is 1.13 bits per heavy atom. The molecule has 2 fully saturated rings. The zero-order valence-electron chi connectivity index (χ0n) is 9.26. The fourth-order valence-electron chi connectivity index (χ4n) is 2.28. The van der Waals surface area contributed by atoms with Crippen LogP contribution in [0.1, 0.15) is 38.5 Å². The molecule has 0 amide bonds. The summed E-state index contributed by atoms with van der Waals surface area (Å²) in [6.45, 7) is 2.33. The average molecular weight is 208 g/mol. The van der Waals surface area contributed by atoms with E-state index in [1.165, 1.54) is 25.7 Å². The molecule has 2 N–H and O–H groups in total. The van der Waals surface area contributed by atoms with Gasteiger partial charge in [-0.1, -0.05) is 0 Å². The number of rotatable bonds is 7. The SMILES string of the molecule is N#CCC1(CNCC2(CCO)CC2)CC1. The molecule has 2 aliphatic rings. The standard InChI is InChI=1S/C12H20N2O/c13-7-5-11(1-2-11)9-14-10-12(3-4-12)6-8-15/h14-15H,1-6,8-10H2. The van der Waals surface area contributed by atoms with Crippen LogP contribution in [0.15, 0.2) is 0 Å². The Balaban J connectivity index is 1.65. The minimum Gasteiger partial charge on any atom is -0.396 e. The molecule has 0 spiro atoms. The van der Waals surface area contributed by atoms with Crippen molar-refractivity contribution < 1.29 is 5.11 Å². The van der Waals surface area contributed by atoms with Gasteiger partial charge in [-0.25, -0.2) is 0 Å². The Morgan fingerprint density at radius 2 is 1.73 bits per heavy atom. The lowest BCUT2D eigenvalue weighted by Crippen LogP contribution is -2.30. The van der Waals surface area contributed by atoms with E-state index < -0.39 is 0 Å². The Morgan fingerprint density at radius 3 is 2.20 bits per heavy atom. The molecule has 0 aromatic heterocycles. The molecule has 3 nitrogen and oxygen atoms in total. The molecule has 0 radical (unpaired) electrons. The number of nitriles is 1. The summed E-state index contributed by atoms with van der Waals surface area (Å²) in [5.74, 6) is 0. The van der Waals surface area contributed by atoms with Crippen molar-refractivity contribution in [3.05, 3.63) is 0 Å². The van der Waals surface area contributed by atoms with Gasteiger partial charge in [0.1, 0.15) is 0 Å². The molecule has 0 aromatic carbocycles. The Hall–Kier alpha value is -0.590. The number of aliphatic hydroxyl groups excluding tert-OH is 1. The fraction of sp³-hybridized carbons (Fsp3) is 0.917. The van der Waals surface area contributed by atoms with E-state index in [0.717, 1.165) is 19.5 Å². The van der Waals surface area contributed by atoms with Crippen LogP contribution in [0.3, 0.4) is 0 Å². The smallest absolute Gasteiger partial charge is 0.0628 e. The molecule has 0 atom stereocenters. The van der Waals surface area contributed by atoms with Crippen LogP contribution in [0.5, 0.6) is 0 Å². The van der Waals surface area contributed by atoms with Crippen molar-refractivity contribution in [1.82, 2.24) is 5.32 Å². The van der Waals surface area contributed by atoms with Crippen LogP contribution >= 0.6 is 0 Å². The summed E-state index contributed by atoms with van der Waals surface area (Å²) in [5.41, 5.74) is 0.710. The Bertz CT molecular complexity index is 261. The van der Waals surface area contributed by atoms with Gasteiger partial charge < -0.3 is 10.4 Å². The van der Waals surface area contributed by atoms with Gasteiger partial charge in [0.25, 0.3) is 0 Å². The lowest BCUT2D eigenvalue weighted by atomic mass is 10.0. The molecule has 15 heavy (non-hydrogen) atoms. The summed E-state index contributed by atoms with van der Waals surface area (Å²) >= 11 is 0. The van der Waals surface area contributed by atoms with Crippen molar-refractivity contribution in [1.29, 1.82) is 5.26 Å². The summed E-state index contributed by atoms with van der Waals surface area (Å²) in [5, 5.41) is 21.1. The molecular formula is C12H20N2O. The van der Waals surface area contributed by atoms with E-state index in [2.05, 4.69) is 11.4 Å². The molecule has 0 aromatic rings. The summed E-state index contributed by atoms with van der Waals surface area (Å²) in [6, 6.07) is 2.28. The third-order valence-corrected chi connectivity index (χ3v) is 4.01. The van der Waals surface area contributed by atoms with Gasteiger partial charge in [-0.05, 0) is 42.9 Å². The van der Waals surface area contributed by atoms with Crippen LogP contribution in [0.4, 0.5) is 0 Å². The van der Waals surface area contributed by atoms with Crippen LogP contribution in [0.2, 0.25) is 0 Å². The number of nitrogens with zero attached hydrogens (tertiary/aromatic N) is 1. The van der Waals surface area contributed by atoms with Gasteiger partial charge >= 0.3 is 0 Å². The molecule has 0 unspecified atom stereocenters. The highest BCUT2D eigenvalue weighted by molar-refractivity contribution is 5.02. The zero-order valence-corrected chi connectivity index (χ0v) is 9.26. The van der Waals surface area contributed by atoms with Crippen LogP contribution in [0.25, 0.3) is 0 Å². The average Bonchev–Trinajstić information content (AvgIpc) is 3.08. The van der Waals surface area contributed by atoms with E-state index in [0.29, 0.717) is 23.9 Å². The van der Waals surface area contributed by atoms with Crippen LogP contribution in [0, 0.1) is 22.2 Å². The topological polar surface area (TPSA) is 56.0 Å². The third-order valence-electron chi connectivity index (χ3n) is 4.01. The molecule has 2 rings (SSSR count). The van der Waals surface area contributed by atoms with Crippen molar-refractivity contribution >= 4 is 0 Å². The van der Waals surface area contributed by atoms with Crippen molar-refractivity contribution in [3.63, 3.8) is 0 Å². The summed E-state index contributed by atoms with van der Waals surface area (Å²) in [6.07, 6.45) is 6.57. The Kier molecular flexibility index (Phi) is 2.99. The first kappa shape index (κ1) is 10.9. The fourth-order valence-corrected chi connectivity index (χ4v) is 2.28. The molecule has 0 saturated heterocycles. The van der Waals surface area contributed by atoms with Gasteiger partial charge in [-0.3, -0.25) is 0 Å². The number of nitrogens with one attached hydrogen (secondary N) is 1. The van der Waals surface area contributed by atoms with E-state index in [9.17, 15) is 0 Å². The van der Waals surface area contributed by atoms with Crippen molar-refractivity contribution in [2.24, 2.45) is 10.8 Å². The van der Waals surface area contributed by atoms with E-state index in [1.54, 1.807) is 0 Å². The second-order valence-corrected chi connectivity index (χ2v) is 5.41. The van der Waals surface area contributed by atoms with Crippen LogP contribution < -0.4 is 5.32 Å². The highest BCUT2D eigenvalue weighted by atomic mass is 16.3. The van der Waals surface area contributed by atoms with E-state index in [-0.39, 0.29) is 0 Å².